The van der Waals surface area contributed by atoms with Crippen LogP contribution >= 0.6 is 0 Å². The van der Waals surface area contributed by atoms with Crippen LogP contribution < -0.4 is 9.99 Å². The molecule has 0 spiro atoms. The second-order valence-corrected chi connectivity index (χ2v) is 5.17. The molecule has 2 N–H and O–H groups in total. The van der Waals surface area contributed by atoms with Crippen molar-refractivity contribution < 1.29 is 14.5 Å². The summed E-state index contributed by atoms with van der Waals surface area (Å²) in [5.41, 5.74) is 3.56. The van der Waals surface area contributed by atoms with Crippen LogP contribution in [0.15, 0.2) is 66.0 Å². The monoisotopic (exact) mass is 306 g/mol. The molecule has 0 bridgehead atoms. The van der Waals surface area contributed by atoms with Gasteiger partial charge in [-0.05, 0) is 16.8 Å². The number of fused-ring (bicyclic) bond motifs is 1. The van der Waals surface area contributed by atoms with Gasteiger partial charge < -0.3 is 5.11 Å². The number of aryl methyl sites for hydroxylation is 1. The maximum atomic E-state index is 12.0. The third-order valence-corrected chi connectivity index (χ3v) is 3.55. The van der Waals surface area contributed by atoms with Gasteiger partial charge in [0.05, 0.1) is 11.8 Å². The molecule has 1 heterocycles. The van der Waals surface area contributed by atoms with Crippen molar-refractivity contribution in [2.45, 2.75) is 0 Å². The lowest BCUT2D eigenvalue weighted by molar-refractivity contribution is -0.671. The first-order valence-corrected chi connectivity index (χ1v) is 7.14. The number of rotatable bonds is 3. The molecule has 2 aromatic carbocycles. The Bertz CT molecular complexity index is 886. The Morgan fingerprint density at radius 3 is 2.65 bits per heavy atom. The van der Waals surface area contributed by atoms with Gasteiger partial charge >= 0.3 is 0 Å². The highest BCUT2D eigenvalue weighted by atomic mass is 16.3. The number of phenolic OH excluding ortho intramolecular Hbond substituents is 1. The highest BCUT2D eigenvalue weighted by Gasteiger charge is 2.07. The van der Waals surface area contributed by atoms with Gasteiger partial charge in [-0.15, -0.1) is 0 Å². The molecular weight excluding hydrogens is 290 g/mol. The molecular formula is C18H16N3O2+. The third kappa shape index (κ3) is 3.18. The number of aromatic hydroxyl groups is 1. The Morgan fingerprint density at radius 2 is 1.87 bits per heavy atom. The number of carbonyl (C=O) groups is 1. The Kier molecular flexibility index (Phi) is 4.01. The van der Waals surface area contributed by atoms with Crippen molar-refractivity contribution in [1.82, 2.24) is 5.43 Å². The lowest BCUT2D eigenvalue weighted by Crippen LogP contribution is -2.27. The summed E-state index contributed by atoms with van der Waals surface area (Å²) in [6, 6.07) is 14.5. The minimum absolute atomic E-state index is 0.119. The minimum atomic E-state index is -0.304. The normalized spacial score (nSPS) is 11.0. The Morgan fingerprint density at radius 1 is 1.13 bits per heavy atom. The average molecular weight is 306 g/mol. The predicted molar refractivity (Wildman–Crippen MR) is 88.3 cm³/mol. The lowest BCUT2D eigenvalue weighted by Gasteiger charge is -2.04. The molecule has 0 saturated carbocycles. The van der Waals surface area contributed by atoms with E-state index in [0.717, 1.165) is 10.8 Å². The topological polar surface area (TPSA) is 65.6 Å². The highest BCUT2D eigenvalue weighted by Crippen LogP contribution is 2.25. The van der Waals surface area contributed by atoms with E-state index in [-0.39, 0.29) is 11.7 Å². The molecule has 0 aliphatic carbocycles. The van der Waals surface area contributed by atoms with Crippen molar-refractivity contribution in [2.24, 2.45) is 12.1 Å². The van der Waals surface area contributed by atoms with E-state index in [1.54, 1.807) is 30.6 Å². The number of nitrogens with zero attached hydrogens (tertiary/aromatic N) is 2. The second-order valence-electron chi connectivity index (χ2n) is 5.17. The first kappa shape index (κ1) is 14.7. The van der Waals surface area contributed by atoms with E-state index < -0.39 is 0 Å². The van der Waals surface area contributed by atoms with Crippen LogP contribution in [0.25, 0.3) is 10.8 Å². The number of nitrogens with one attached hydrogen (secondary N) is 1. The number of amides is 1. The van der Waals surface area contributed by atoms with Crippen molar-refractivity contribution in [3.05, 3.63) is 72.1 Å². The smallest absolute Gasteiger partial charge is 0.271 e. The quantitative estimate of drug-likeness (QED) is 0.442. The molecule has 3 rings (SSSR count). The van der Waals surface area contributed by atoms with Crippen molar-refractivity contribution in [2.75, 3.05) is 0 Å². The maximum absolute atomic E-state index is 12.0. The number of pyridine rings is 1. The van der Waals surface area contributed by atoms with Crippen LogP contribution in [0.4, 0.5) is 0 Å². The summed E-state index contributed by atoms with van der Waals surface area (Å²) >= 11 is 0. The summed E-state index contributed by atoms with van der Waals surface area (Å²) in [5.74, 6) is -0.185. The molecule has 1 aromatic heterocycles. The number of hydrazone groups is 1. The SMILES string of the molecule is C[n+]1ccc(C(=O)N/N=C/c2c(O)ccc3ccccc23)cc1. The first-order valence-electron chi connectivity index (χ1n) is 7.14. The van der Waals surface area contributed by atoms with E-state index in [0.29, 0.717) is 11.1 Å². The van der Waals surface area contributed by atoms with E-state index in [4.69, 9.17) is 0 Å². The van der Waals surface area contributed by atoms with E-state index in [9.17, 15) is 9.90 Å². The number of aromatic nitrogens is 1. The predicted octanol–water partition coefficient (Wildman–Crippen LogP) is 2.13. The van der Waals surface area contributed by atoms with Crippen molar-refractivity contribution in [3.8, 4) is 5.75 Å². The van der Waals surface area contributed by atoms with Gasteiger partial charge in [-0.3, -0.25) is 4.79 Å². The number of carbonyl (C=O) groups excluding carboxylic acids is 1. The zero-order valence-electron chi connectivity index (χ0n) is 12.6. The summed E-state index contributed by atoms with van der Waals surface area (Å²) < 4.78 is 1.84. The number of hydrogen-bond acceptors (Lipinski definition) is 3. The summed E-state index contributed by atoms with van der Waals surface area (Å²) in [7, 11) is 1.88. The zero-order chi connectivity index (χ0) is 16.2. The molecule has 0 atom stereocenters. The van der Waals surface area contributed by atoms with Gasteiger partial charge in [0.1, 0.15) is 12.8 Å². The molecule has 0 saturated heterocycles. The van der Waals surface area contributed by atoms with Gasteiger partial charge in [0.15, 0.2) is 12.4 Å². The molecule has 0 aliphatic rings. The van der Waals surface area contributed by atoms with Crippen LogP contribution in [0.3, 0.4) is 0 Å². The van der Waals surface area contributed by atoms with E-state index >= 15 is 0 Å². The van der Waals surface area contributed by atoms with E-state index in [1.165, 1.54) is 6.21 Å². The van der Waals surface area contributed by atoms with Crippen LogP contribution in [-0.2, 0) is 7.05 Å². The summed E-state index contributed by atoms with van der Waals surface area (Å²) in [4.78, 5) is 12.0. The molecule has 0 aliphatic heterocycles. The highest BCUT2D eigenvalue weighted by molar-refractivity contribution is 6.03. The second kappa shape index (κ2) is 6.27. The lowest BCUT2D eigenvalue weighted by atomic mass is 10.0. The van der Waals surface area contributed by atoms with Crippen molar-refractivity contribution in [3.63, 3.8) is 0 Å². The van der Waals surface area contributed by atoms with Gasteiger partial charge in [-0.2, -0.15) is 5.10 Å². The van der Waals surface area contributed by atoms with E-state index in [1.807, 2.05) is 41.9 Å². The van der Waals surface area contributed by atoms with Gasteiger partial charge in [0.25, 0.3) is 5.91 Å². The summed E-state index contributed by atoms with van der Waals surface area (Å²) in [6.45, 7) is 0. The fraction of sp³-hybridized carbons (Fsp3) is 0.0556. The van der Waals surface area contributed by atoms with Crippen molar-refractivity contribution in [1.29, 1.82) is 0 Å². The van der Waals surface area contributed by atoms with Crippen LogP contribution in [0.5, 0.6) is 5.75 Å². The molecule has 0 radical (unpaired) electrons. The summed E-state index contributed by atoms with van der Waals surface area (Å²) in [6.07, 6.45) is 5.03. The van der Waals surface area contributed by atoms with Crippen LogP contribution in [0.2, 0.25) is 0 Å². The van der Waals surface area contributed by atoms with E-state index in [2.05, 4.69) is 10.5 Å². The molecule has 23 heavy (non-hydrogen) atoms. The van der Waals surface area contributed by atoms with Crippen LogP contribution in [0.1, 0.15) is 15.9 Å². The van der Waals surface area contributed by atoms with Gasteiger partial charge in [-0.1, -0.05) is 30.3 Å². The third-order valence-electron chi connectivity index (χ3n) is 3.55. The van der Waals surface area contributed by atoms with Gasteiger partial charge in [0, 0.05) is 17.7 Å². The van der Waals surface area contributed by atoms with Crippen LogP contribution in [-0.4, -0.2) is 17.2 Å². The van der Waals surface area contributed by atoms with Crippen LogP contribution in [0, 0.1) is 0 Å². The number of phenols is 1. The van der Waals surface area contributed by atoms with Crippen molar-refractivity contribution >= 4 is 22.9 Å². The minimum Gasteiger partial charge on any atom is -0.507 e. The fourth-order valence-corrected chi connectivity index (χ4v) is 2.29. The number of hydrogen-bond donors (Lipinski definition) is 2. The molecule has 5 heteroatoms. The largest absolute Gasteiger partial charge is 0.507 e. The van der Waals surface area contributed by atoms with Gasteiger partial charge in [0.2, 0.25) is 0 Å². The fourth-order valence-electron chi connectivity index (χ4n) is 2.29. The number of benzene rings is 2. The average Bonchev–Trinajstić information content (AvgIpc) is 2.57. The molecule has 1 amide bonds. The Balaban J connectivity index is 1.82. The van der Waals surface area contributed by atoms with Gasteiger partial charge in [-0.25, -0.2) is 9.99 Å². The summed E-state index contributed by atoms with van der Waals surface area (Å²) in [5, 5.41) is 15.8. The zero-order valence-corrected chi connectivity index (χ0v) is 12.6. The Hall–Kier alpha value is -3.21. The standard InChI is InChI=1S/C18H15N3O2/c1-21-10-8-14(9-11-21)18(23)20-19-12-16-15-5-3-2-4-13(15)6-7-17(16)22/h2-12,23H,1H3/p+1. The first-order chi connectivity index (χ1) is 11.1. The molecule has 0 unspecified atom stereocenters. The molecule has 0 fully saturated rings. The molecule has 5 nitrogen and oxygen atoms in total. The molecule has 3 aromatic rings. The Labute approximate surface area is 133 Å². The molecule has 114 valence electrons. The maximum Gasteiger partial charge on any atom is 0.271 e.